The summed E-state index contributed by atoms with van der Waals surface area (Å²) in [5, 5.41) is 0. The smallest absolute Gasteiger partial charge is 0.282 e. The molecule has 1 heterocycles. The fraction of sp³-hybridized carbons (Fsp3) is 0.364. The summed E-state index contributed by atoms with van der Waals surface area (Å²) in [6, 6.07) is 15.7. The Labute approximate surface area is 160 Å². The molecule has 2 aromatic carbocycles. The summed E-state index contributed by atoms with van der Waals surface area (Å²) in [6.45, 7) is 4.11. The van der Waals surface area contributed by atoms with E-state index in [1.165, 1.54) is 16.0 Å². The van der Waals surface area contributed by atoms with Gasteiger partial charge in [-0.15, -0.1) is 0 Å². The average Bonchev–Trinajstić information content (AvgIpc) is 3.18. The van der Waals surface area contributed by atoms with Crippen LogP contribution >= 0.6 is 0 Å². The summed E-state index contributed by atoms with van der Waals surface area (Å²) in [6.07, 6.45) is 2.06. The van der Waals surface area contributed by atoms with E-state index in [9.17, 15) is 9.59 Å². The van der Waals surface area contributed by atoms with Crippen LogP contribution in [0.1, 0.15) is 36.1 Å². The third-order valence-electron chi connectivity index (χ3n) is 5.76. The van der Waals surface area contributed by atoms with Crippen LogP contribution in [0, 0.1) is 6.92 Å². The minimum absolute atomic E-state index is 0.140. The normalized spacial score (nSPS) is 22.1. The molecule has 0 N–H and O–H groups in total. The van der Waals surface area contributed by atoms with E-state index in [-0.39, 0.29) is 18.0 Å². The first-order valence-electron chi connectivity index (χ1n) is 9.46. The molecule has 140 valence electrons. The Morgan fingerprint density at radius 3 is 2.52 bits per heavy atom. The van der Waals surface area contributed by atoms with Gasteiger partial charge in [0.05, 0.1) is 6.67 Å². The molecule has 1 aliphatic heterocycles. The number of carbonyl (C=O) groups excluding carboxylic acids is 2. The summed E-state index contributed by atoms with van der Waals surface area (Å²) >= 11 is 0. The minimum Gasteiger partial charge on any atom is -0.282 e. The predicted molar refractivity (Wildman–Crippen MR) is 105 cm³/mol. The summed E-state index contributed by atoms with van der Waals surface area (Å²) in [7, 11) is 1.99. The maximum Gasteiger partial charge on any atom is 0.333 e. The van der Waals surface area contributed by atoms with Gasteiger partial charge in [0.25, 0.3) is 5.91 Å². The molecule has 3 amide bonds. The second kappa shape index (κ2) is 6.82. The number of rotatable bonds is 4. The van der Waals surface area contributed by atoms with Gasteiger partial charge in [-0.25, -0.2) is 9.69 Å². The van der Waals surface area contributed by atoms with Crippen LogP contribution in [-0.4, -0.2) is 41.5 Å². The van der Waals surface area contributed by atoms with Crippen molar-refractivity contribution < 1.29 is 9.59 Å². The van der Waals surface area contributed by atoms with Crippen LogP contribution < -0.4 is 4.90 Å². The highest BCUT2D eigenvalue weighted by molar-refractivity contribution is 6.14. The van der Waals surface area contributed by atoms with Gasteiger partial charge in [0.2, 0.25) is 0 Å². The highest BCUT2D eigenvalue weighted by atomic mass is 16.2. The van der Waals surface area contributed by atoms with Crippen molar-refractivity contribution in [1.29, 1.82) is 0 Å². The molecule has 2 aromatic rings. The van der Waals surface area contributed by atoms with Gasteiger partial charge in [0.15, 0.2) is 0 Å². The number of hydrogen-bond acceptors (Lipinski definition) is 3. The summed E-state index contributed by atoms with van der Waals surface area (Å²) in [5.74, 6) is -0.140. The van der Waals surface area contributed by atoms with Crippen LogP contribution in [0.25, 0.3) is 0 Å². The number of urea groups is 1. The Balaban J connectivity index is 1.53. The molecule has 1 saturated heterocycles. The van der Waals surface area contributed by atoms with Crippen LogP contribution in [0.3, 0.4) is 0 Å². The number of anilines is 1. The lowest BCUT2D eigenvalue weighted by Gasteiger charge is -2.28. The van der Waals surface area contributed by atoms with E-state index in [0.717, 1.165) is 24.1 Å². The fourth-order valence-corrected chi connectivity index (χ4v) is 4.21. The van der Waals surface area contributed by atoms with Gasteiger partial charge in [-0.05, 0) is 57.0 Å². The highest BCUT2D eigenvalue weighted by Crippen LogP contribution is 2.35. The summed E-state index contributed by atoms with van der Waals surface area (Å²) in [4.78, 5) is 30.9. The standard InChI is InChI=1S/C22H25N3O2/c1-15-8-11-18(12-9-15)25-16(2)21(26)24(22(25)27)14-23(3)20-13-10-17-6-4-5-7-19(17)20/h4-9,11-12,16,20H,10,13-14H2,1-3H3. The maximum absolute atomic E-state index is 13.0. The molecular formula is C22H25N3O2. The topological polar surface area (TPSA) is 43.9 Å². The van der Waals surface area contributed by atoms with E-state index < -0.39 is 6.04 Å². The first kappa shape index (κ1) is 17.7. The minimum atomic E-state index is -0.482. The number of fused-ring (bicyclic) bond motifs is 1. The zero-order chi connectivity index (χ0) is 19.1. The number of amides is 3. The van der Waals surface area contributed by atoms with Gasteiger partial charge in [0.1, 0.15) is 6.04 Å². The monoisotopic (exact) mass is 363 g/mol. The lowest BCUT2D eigenvalue weighted by molar-refractivity contribution is -0.128. The number of benzene rings is 2. The van der Waals surface area contributed by atoms with Crippen molar-refractivity contribution in [2.75, 3.05) is 18.6 Å². The van der Waals surface area contributed by atoms with E-state index in [4.69, 9.17) is 0 Å². The molecule has 2 atom stereocenters. The van der Waals surface area contributed by atoms with Crippen LogP contribution in [0.5, 0.6) is 0 Å². The molecule has 2 unspecified atom stereocenters. The van der Waals surface area contributed by atoms with Crippen molar-refractivity contribution in [1.82, 2.24) is 9.80 Å². The zero-order valence-corrected chi connectivity index (χ0v) is 16.1. The molecule has 1 fully saturated rings. The number of aryl methyl sites for hydroxylation is 2. The number of imide groups is 1. The highest BCUT2D eigenvalue weighted by Gasteiger charge is 2.44. The molecule has 27 heavy (non-hydrogen) atoms. The number of nitrogens with zero attached hydrogens (tertiary/aromatic N) is 3. The maximum atomic E-state index is 13.0. The van der Waals surface area contributed by atoms with E-state index in [2.05, 4.69) is 29.2 Å². The van der Waals surface area contributed by atoms with Crippen molar-refractivity contribution >= 4 is 17.6 Å². The number of carbonyl (C=O) groups is 2. The Bertz CT molecular complexity index is 877. The van der Waals surface area contributed by atoms with Crippen molar-refractivity contribution in [3.63, 3.8) is 0 Å². The Hall–Kier alpha value is -2.66. The van der Waals surface area contributed by atoms with Crippen molar-refractivity contribution in [3.8, 4) is 0 Å². The predicted octanol–water partition coefficient (Wildman–Crippen LogP) is 3.73. The average molecular weight is 363 g/mol. The van der Waals surface area contributed by atoms with Crippen molar-refractivity contribution in [3.05, 3.63) is 65.2 Å². The van der Waals surface area contributed by atoms with Crippen LogP contribution in [0.2, 0.25) is 0 Å². The molecule has 0 spiro atoms. The van der Waals surface area contributed by atoms with Crippen LogP contribution in [0.15, 0.2) is 48.5 Å². The number of hydrogen-bond donors (Lipinski definition) is 0. The van der Waals surface area contributed by atoms with Gasteiger partial charge in [-0.3, -0.25) is 14.6 Å². The van der Waals surface area contributed by atoms with Gasteiger partial charge in [-0.1, -0.05) is 42.0 Å². The van der Waals surface area contributed by atoms with Crippen LogP contribution in [-0.2, 0) is 11.2 Å². The van der Waals surface area contributed by atoms with Gasteiger partial charge < -0.3 is 0 Å². The summed E-state index contributed by atoms with van der Waals surface area (Å²) in [5.41, 5.74) is 4.56. The molecule has 4 rings (SSSR count). The first-order valence-corrected chi connectivity index (χ1v) is 9.46. The zero-order valence-electron chi connectivity index (χ0n) is 16.1. The van der Waals surface area contributed by atoms with Gasteiger partial charge >= 0.3 is 6.03 Å². The van der Waals surface area contributed by atoms with Gasteiger partial charge in [-0.2, -0.15) is 0 Å². The first-order chi connectivity index (χ1) is 13.0. The molecule has 0 saturated carbocycles. The van der Waals surface area contributed by atoms with E-state index >= 15 is 0 Å². The van der Waals surface area contributed by atoms with Crippen molar-refractivity contribution in [2.45, 2.75) is 38.8 Å². The Morgan fingerprint density at radius 1 is 1.07 bits per heavy atom. The molecule has 1 aliphatic carbocycles. The Kier molecular flexibility index (Phi) is 4.48. The second-order valence-electron chi connectivity index (χ2n) is 7.58. The van der Waals surface area contributed by atoms with E-state index in [0.29, 0.717) is 6.67 Å². The molecule has 0 radical (unpaired) electrons. The van der Waals surface area contributed by atoms with E-state index in [1.807, 2.05) is 38.2 Å². The fourth-order valence-electron chi connectivity index (χ4n) is 4.21. The molecule has 5 nitrogen and oxygen atoms in total. The summed E-state index contributed by atoms with van der Waals surface area (Å²) < 4.78 is 0. The molecule has 0 bridgehead atoms. The molecular weight excluding hydrogens is 338 g/mol. The quantitative estimate of drug-likeness (QED) is 0.778. The molecule has 0 aromatic heterocycles. The SMILES string of the molecule is Cc1ccc(N2C(=O)N(CN(C)C3CCc4ccccc43)C(=O)C2C)cc1. The third kappa shape index (κ3) is 3.02. The van der Waals surface area contributed by atoms with Crippen molar-refractivity contribution in [2.24, 2.45) is 0 Å². The van der Waals surface area contributed by atoms with Gasteiger partial charge in [0, 0.05) is 11.7 Å². The van der Waals surface area contributed by atoms with E-state index in [1.54, 1.807) is 11.8 Å². The Morgan fingerprint density at radius 2 is 1.78 bits per heavy atom. The van der Waals surface area contributed by atoms with Crippen LogP contribution in [0.4, 0.5) is 10.5 Å². The largest absolute Gasteiger partial charge is 0.333 e. The lowest BCUT2D eigenvalue weighted by Crippen LogP contribution is -2.41. The third-order valence-corrected chi connectivity index (χ3v) is 5.76. The molecule has 2 aliphatic rings. The molecule has 5 heteroatoms. The lowest BCUT2D eigenvalue weighted by atomic mass is 10.1. The second-order valence-corrected chi connectivity index (χ2v) is 7.58.